The molecule has 0 aliphatic rings. The van der Waals surface area contributed by atoms with Crippen LogP contribution in [0.3, 0.4) is 0 Å². The number of benzene rings is 3. The van der Waals surface area contributed by atoms with Crippen molar-refractivity contribution >= 4 is 11.4 Å². The second-order valence-electron chi connectivity index (χ2n) is 4.83. The molecule has 22 heavy (non-hydrogen) atoms. The number of para-hydroxylation sites is 3. The third-order valence-electron chi connectivity index (χ3n) is 3.32. The average molecular weight is 289 g/mol. The highest BCUT2D eigenvalue weighted by Gasteiger charge is 2.12. The molecule has 3 aromatic carbocycles. The van der Waals surface area contributed by atoms with Crippen molar-refractivity contribution in [2.45, 2.75) is 0 Å². The van der Waals surface area contributed by atoms with Crippen LogP contribution in [-0.2, 0) is 0 Å². The molecular weight excluding hydrogens is 274 g/mol. The van der Waals surface area contributed by atoms with Crippen molar-refractivity contribution in [3.8, 4) is 11.5 Å². The molecule has 0 saturated heterocycles. The number of rotatable bonds is 3. The predicted molar refractivity (Wildman–Crippen MR) is 88.0 cm³/mol. The van der Waals surface area contributed by atoms with Crippen molar-refractivity contribution in [2.24, 2.45) is 4.99 Å². The quantitative estimate of drug-likeness (QED) is 0.708. The van der Waals surface area contributed by atoms with Gasteiger partial charge in [-0.1, -0.05) is 54.6 Å². The van der Waals surface area contributed by atoms with Crippen LogP contribution in [-0.4, -0.2) is 15.9 Å². The van der Waals surface area contributed by atoms with Gasteiger partial charge >= 0.3 is 0 Å². The van der Waals surface area contributed by atoms with E-state index < -0.39 is 0 Å². The van der Waals surface area contributed by atoms with E-state index in [2.05, 4.69) is 4.99 Å². The number of hydrogen-bond donors (Lipinski definition) is 2. The summed E-state index contributed by atoms with van der Waals surface area (Å²) >= 11 is 0. The number of nitrogens with zero attached hydrogens (tertiary/aromatic N) is 1. The van der Waals surface area contributed by atoms with Crippen molar-refractivity contribution in [3.63, 3.8) is 0 Å². The average Bonchev–Trinajstić information content (AvgIpc) is 2.56. The molecule has 0 saturated carbocycles. The molecule has 0 heterocycles. The molecule has 2 N–H and O–H groups in total. The van der Waals surface area contributed by atoms with E-state index in [0.717, 1.165) is 5.56 Å². The molecule has 0 spiro atoms. The zero-order chi connectivity index (χ0) is 15.4. The van der Waals surface area contributed by atoms with Gasteiger partial charge in [-0.3, -0.25) is 0 Å². The van der Waals surface area contributed by atoms with Gasteiger partial charge in [0, 0.05) is 11.1 Å². The lowest BCUT2D eigenvalue weighted by Gasteiger charge is -2.10. The van der Waals surface area contributed by atoms with Gasteiger partial charge < -0.3 is 10.2 Å². The van der Waals surface area contributed by atoms with E-state index in [1.807, 2.05) is 42.5 Å². The zero-order valence-electron chi connectivity index (χ0n) is 11.8. The second-order valence-corrected chi connectivity index (χ2v) is 4.83. The van der Waals surface area contributed by atoms with Gasteiger partial charge in [0.1, 0.15) is 17.2 Å². The summed E-state index contributed by atoms with van der Waals surface area (Å²) in [6, 6.07) is 23.5. The number of aliphatic imine (C=N–C) groups is 1. The molecule has 0 radical (unpaired) electrons. The first-order valence-electron chi connectivity index (χ1n) is 6.96. The molecule has 3 aromatic rings. The maximum atomic E-state index is 10.1. The fourth-order valence-electron chi connectivity index (χ4n) is 2.23. The van der Waals surface area contributed by atoms with E-state index >= 15 is 0 Å². The summed E-state index contributed by atoms with van der Waals surface area (Å²) < 4.78 is 0. The standard InChI is InChI=1S/C19H15NO2/c21-17-12-6-4-10-15(17)19(14-8-2-1-3-9-14)20-16-11-5-7-13-18(16)22/h1-13,21-22H. The van der Waals surface area contributed by atoms with E-state index in [-0.39, 0.29) is 11.5 Å². The Labute approximate surface area is 128 Å². The van der Waals surface area contributed by atoms with Gasteiger partial charge in [-0.25, -0.2) is 4.99 Å². The molecule has 0 bridgehead atoms. The van der Waals surface area contributed by atoms with E-state index in [4.69, 9.17) is 0 Å². The highest BCUT2D eigenvalue weighted by Crippen LogP contribution is 2.29. The van der Waals surface area contributed by atoms with Gasteiger partial charge in [-0.05, 0) is 24.3 Å². The van der Waals surface area contributed by atoms with Gasteiger partial charge in [0.15, 0.2) is 0 Å². The first-order chi connectivity index (χ1) is 10.8. The lowest BCUT2D eigenvalue weighted by atomic mass is 10.0. The molecule has 3 nitrogen and oxygen atoms in total. The maximum absolute atomic E-state index is 10.1. The Kier molecular flexibility index (Phi) is 3.88. The number of phenolic OH excluding ortho intramolecular Hbond substituents is 2. The van der Waals surface area contributed by atoms with Crippen molar-refractivity contribution in [1.82, 2.24) is 0 Å². The molecule has 0 aromatic heterocycles. The summed E-state index contributed by atoms with van der Waals surface area (Å²) in [6.45, 7) is 0. The fourth-order valence-corrected chi connectivity index (χ4v) is 2.23. The van der Waals surface area contributed by atoms with Gasteiger partial charge in [-0.15, -0.1) is 0 Å². The Morgan fingerprint density at radius 3 is 1.91 bits per heavy atom. The molecule has 3 rings (SSSR count). The summed E-state index contributed by atoms with van der Waals surface area (Å²) in [6.07, 6.45) is 0. The molecule has 0 aliphatic heterocycles. The molecule has 0 unspecified atom stereocenters. The summed E-state index contributed by atoms with van der Waals surface area (Å²) in [5.74, 6) is 0.256. The van der Waals surface area contributed by atoms with Crippen molar-refractivity contribution in [3.05, 3.63) is 90.0 Å². The van der Waals surface area contributed by atoms with Crippen LogP contribution in [0.25, 0.3) is 0 Å². The van der Waals surface area contributed by atoms with Gasteiger partial charge in [-0.2, -0.15) is 0 Å². The molecule has 0 fully saturated rings. The van der Waals surface area contributed by atoms with Crippen molar-refractivity contribution < 1.29 is 10.2 Å². The van der Waals surface area contributed by atoms with Crippen LogP contribution in [0.5, 0.6) is 11.5 Å². The van der Waals surface area contributed by atoms with E-state index in [1.165, 1.54) is 0 Å². The molecular formula is C19H15NO2. The smallest absolute Gasteiger partial charge is 0.141 e. The van der Waals surface area contributed by atoms with Gasteiger partial charge in [0.05, 0.1) is 5.71 Å². The first-order valence-corrected chi connectivity index (χ1v) is 6.96. The summed E-state index contributed by atoms with van der Waals surface area (Å²) in [7, 11) is 0. The summed E-state index contributed by atoms with van der Waals surface area (Å²) in [4.78, 5) is 4.57. The monoisotopic (exact) mass is 289 g/mol. The van der Waals surface area contributed by atoms with Gasteiger partial charge in [0.25, 0.3) is 0 Å². The molecule has 0 aliphatic carbocycles. The second kappa shape index (κ2) is 6.14. The zero-order valence-corrected chi connectivity index (χ0v) is 11.8. The molecule has 0 atom stereocenters. The number of hydrogen-bond acceptors (Lipinski definition) is 3. The first kappa shape index (κ1) is 13.9. The minimum atomic E-state index is 0.103. The van der Waals surface area contributed by atoms with Gasteiger partial charge in [0.2, 0.25) is 0 Å². The van der Waals surface area contributed by atoms with E-state index in [0.29, 0.717) is 17.0 Å². The highest BCUT2D eigenvalue weighted by molar-refractivity contribution is 6.15. The minimum absolute atomic E-state index is 0.103. The number of aromatic hydroxyl groups is 2. The third kappa shape index (κ3) is 2.83. The number of phenols is 2. The van der Waals surface area contributed by atoms with Crippen LogP contribution in [0.1, 0.15) is 11.1 Å². The van der Waals surface area contributed by atoms with E-state index in [1.54, 1.807) is 36.4 Å². The molecule has 0 amide bonds. The Bertz CT molecular complexity index is 810. The van der Waals surface area contributed by atoms with Crippen molar-refractivity contribution in [1.29, 1.82) is 0 Å². The molecule has 3 heteroatoms. The highest BCUT2D eigenvalue weighted by atomic mass is 16.3. The lowest BCUT2D eigenvalue weighted by molar-refractivity contribution is 0.473. The van der Waals surface area contributed by atoms with Crippen LogP contribution >= 0.6 is 0 Å². The van der Waals surface area contributed by atoms with Crippen LogP contribution < -0.4 is 0 Å². The Morgan fingerprint density at radius 1 is 0.636 bits per heavy atom. The minimum Gasteiger partial charge on any atom is -0.507 e. The van der Waals surface area contributed by atoms with Crippen LogP contribution in [0.2, 0.25) is 0 Å². The largest absolute Gasteiger partial charge is 0.507 e. The fraction of sp³-hybridized carbons (Fsp3) is 0. The van der Waals surface area contributed by atoms with Crippen LogP contribution in [0.15, 0.2) is 83.9 Å². The summed E-state index contributed by atoms with van der Waals surface area (Å²) in [5, 5.41) is 20.1. The maximum Gasteiger partial charge on any atom is 0.141 e. The predicted octanol–water partition coefficient (Wildman–Crippen LogP) is 4.27. The van der Waals surface area contributed by atoms with Crippen molar-refractivity contribution in [2.75, 3.05) is 0 Å². The SMILES string of the molecule is Oc1ccccc1N=C(c1ccccc1)c1ccccc1O. The lowest BCUT2D eigenvalue weighted by Crippen LogP contribution is -2.03. The third-order valence-corrected chi connectivity index (χ3v) is 3.32. The Hall–Kier alpha value is -3.07. The Morgan fingerprint density at radius 2 is 1.23 bits per heavy atom. The van der Waals surface area contributed by atoms with Crippen LogP contribution in [0, 0.1) is 0 Å². The topological polar surface area (TPSA) is 52.8 Å². The normalized spacial score (nSPS) is 11.4. The van der Waals surface area contributed by atoms with Crippen LogP contribution in [0.4, 0.5) is 5.69 Å². The molecule has 108 valence electrons. The van der Waals surface area contributed by atoms with E-state index in [9.17, 15) is 10.2 Å². The Balaban J connectivity index is 2.21. The summed E-state index contributed by atoms with van der Waals surface area (Å²) in [5.41, 5.74) is 2.56.